The predicted octanol–water partition coefficient (Wildman–Crippen LogP) is 3.29. The molecule has 1 N–H and O–H groups in total. The summed E-state index contributed by atoms with van der Waals surface area (Å²) in [6.07, 6.45) is 1.62. The van der Waals surface area contributed by atoms with Crippen molar-refractivity contribution in [2.45, 2.75) is 11.4 Å². The van der Waals surface area contributed by atoms with Gasteiger partial charge in [0.25, 0.3) is 15.7 Å². The number of aromatic nitrogens is 2. The highest BCUT2D eigenvalue weighted by Gasteiger charge is 2.18. The molecule has 0 amide bonds. The minimum Gasteiger partial charge on any atom is -0.266 e. The van der Waals surface area contributed by atoms with E-state index in [1.165, 1.54) is 24.3 Å². The van der Waals surface area contributed by atoms with Crippen molar-refractivity contribution in [3.63, 3.8) is 0 Å². The first-order valence-corrected chi connectivity index (χ1v) is 9.25. The van der Waals surface area contributed by atoms with Crippen LogP contribution >= 0.6 is 11.6 Å². The Kier molecular flexibility index (Phi) is 4.92. The van der Waals surface area contributed by atoms with Crippen molar-refractivity contribution in [3.8, 4) is 0 Å². The van der Waals surface area contributed by atoms with E-state index in [1.807, 2.05) is 12.1 Å². The molecule has 1 aromatic heterocycles. The standard InChI is InChI=1S/C16H13ClN4O4S/c17-13-4-1-3-12(9-13)11-20-8-7-16(18-20)19-26(24,25)15-6-2-5-14(10-15)21(22)23/h1-10H,11H2,(H,18,19). The summed E-state index contributed by atoms with van der Waals surface area (Å²) in [5, 5.41) is 15.6. The monoisotopic (exact) mass is 392 g/mol. The summed E-state index contributed by atoms with van der Waals surface area (Å²) in [5.41, 5.74) is 0.605. The van der Waals surface area contributed by atoms with Crippen LogP contribution in [0, 0.1) is 10.1 Å². The Labute approximate surface area is 154 Å². The number of sulfonamides is 1. The number of rotatable bonds is 6. The molecule has 0 aliphatic carbocycles. The third-order valence-electron chi connectivity index (χ3n) is 3.45. The van der Waals surface area contributed by atoms with E-state index in [1.54, 1.807) is 23.0 Å². The number of hydrogen-bond acceptors (Lipinski definition) is 5. The van der Waals surface area contributed by atoms with Crippen LogP contribution in [0.1, 0.15) is 5.56 Å². The molecule has 10 heteroatoms. The third-order valence-corrected chi connectivity index (χ3v) is 5.04. The summed E-state index contributed by atoms with van der Waals surface area (Å²) < 4.78 is 28.6. The van der Waals surface area contributed by atoms with E-state index < -0.39 is 14.9 Å². The molecule has 3 rings (SSSR count). The number of benzene rings is 2. The average molecular weight is 393 g/mol. The van der Waals surface area contributed by atoms with Gasteiger partial charge in [-0.15, -0.1) is 0 Å². The van der Waals surface area contributed by atoms with Crippen molar-refractivity contribution in [1.29, 1.82) is 0 Å². The molecule has 0 saturated heterocycles. The topological polar surface area (TPSA) is 107 Å². The third kappa shape index (κ3) is 4.19. The molecule has 0 aliphatic rings. The summed E-state index contributed by atoms with van der Waals surface area (Å²) in [7, 11) is -3.99. The second-order valence-corrected chi connectivity index (χ2v) is 7.51. The van der Waals surface area contributed by atoms with Gasteiger partial charge in [0, 0.05) is 29.4 Å². The molecular weight excluding hydrogens is 380 g/mol. The molecule has 0 atom stereocenters. The largest absolute Gasteiger partial charge is 0.270 e. The summed E-state index contributed by atoms with van der Waals surface area (Å²) in [5.74, 6) is 0.110. The first kappa shape index (κ1) is 17.9. The summed E-state index contributed by atoms with van der Waals surface area (Å²) in [6, 6.07) is 13.5. The Hall–Kier alpha value is -2.91. The second-order valence-electron chi connectivity index (χ2n) is 5.39. The van der Waals surface area contributed by atoms with Crippen LogP contribution in [0.2, 0.25) is 5.02 Å². The molecule has 0 saturated carbocycles. The zero-order chi connectivity index (χ0) is 18.7. The zero-order valence-electron chi connectivity index (χ0n) is 13.2. The van der Waals surface area contributed by atoms with Crippen LogP contribution in [0.4, 0.5) is 11.5 Å². The quantitative estimate of drug-likeness (QED) is 0.511. The van der Waals surface area contributed by atoms with Crippen molar-refractivity contribution in [2.24, 2.45) is 0 Å². The van der Waals surface area contributed by atoms with Gasteiger partial charge >= 0.3 is 0 Å². The van der Waals surface area contributed by atoms with Gasteiger partial charge in [-0.05, 0) is 23.8 Å². The van der Waals surface area contributed by atoms with Gasteiger partial charge in [0.2, 0.25) is 0 Å². The van der Waals surface area contributed by atoms with E-state index in [9.17, 15) is 18.5 Å². The summed E-state index contributed by atoms with van der Waals surface area (Å²) >= 11 is 5.94. The van der Waals surface area contributed by atoms with Gasteiger partial charge in [0.1, 0.15) is 0 Å². The van der Waals surface area contributed by atoms with Crippen LogP contribution in [0.15, 0.2) is 65.7 Å². The SMILES string of the molecule is O=[N+]([O-])c1cccc(S(=O)(=O)Nc2ccn(Cc3cccc(Cl)c3)n2)c1. The van der Waals surface area contributed by atoms with Crippen LogP contribution in [0.5, 0.6) is 0 Å². The minimum atomic E-state index is -3.99. The number of non-ortho nitro benzene ring substituents is 1. The first-order chi connectivity index (χ1) is 12.3. The number of halogens is 1. The lowest BCUT2D eigenvalue weighted by Crippen LogP contribution is -2.14. The van der Waals surface area contributed by atoms with Gasteiger partial charge in [-0.1, -0.05) is 29.8 Å². The van der Waals surface area contributed by atoms with Crippen molar-refractivity contribution in [1.82, 2.24) is 9.78 Å². The van der Waals surface area contributed by atoms with Crippen LogP contribution in [0.3, 0.4) is 0 Å². The van der Waals surface area contributed by atoms with Crippen molar-refractivity contribution >= 4 is 33.1 Å². The molecule has 3 aromatic rings. The fourth-order valence-corrected chi connectivity index (χ4v) is 3.54. The number of hydrogen-bond donors (Lipinski definition) is 1. The van der Waals surface area contributed by atoms with Crippen molar-refractivity contribution in [3.05, 3.63) is 81.5 Å². The molecule has 0 unspecified atom stereocenters. The molecule has 8 nitrogen and oxygen atoms in total. The number of nitrogens with one attached hydrogen (secondary N) is 1. The number of nitrogens with zero attached hydrogens (tertiary/aromatic N) is 3. The van der Waals surface area contributed by atoms with E-state index in [0.717, 1.165) is 11.6 Å². The molecule has 0 aliphatic heterocycles. The minimum absolute atomic E-state index is 0.110. The fourth-order valence-electron chi connectivity index (χ4n) is 2.29. The molecule has 26 heavy (non-hydrogen) atoms. The molecule has 2 aromatic carbocycles. The molecular formula is C16H13ClN4O4S. The first-order valence-electron chi connectivity index (χ1n) is 7.39. The van der Waals surface area contributed by atoms with E-state index in [4.69, 9.17) is 11.6 Å². The van der Waals surface area contributed by atoms with Crippen molar-refractivity contribution < 1.29 is 13.3 Å². The lowest BCUT2D eigenvalue weighted by Gasteiger charge is -2.06. The maximum Gasteiger partial charge on any atom is 0.270 e. The average Bonchev–Trinajstić information content (AvgIpc) is 3.01. The fraction of sp³-hybridized carbons (Fsp3) is 0.0625. The van der Waals surface area contributed by atoms with Gasteiger partial charge in [-0.2, -0.15) is 5.10 Å². The predicted molar refractivity (Wildman–Crippen MR) is 96.7 cm³/mol. The molecule has 1 heterocycles. The van der Waals surface area contributed by atoms with Gasteiger partial charge in [0.15, 0.2) is 5.82 Å². The molecule has 0 spiro atoms. The Morgan fingerprint density at radius 1 is 1.15 bits per heavy atom. The maximum absolute atomic E-state index is 12.4. The Morgan fingerprint density at radius 3 is 2.65 bits per heavy atom. The molecule has 134 valence electrons. The maximum atomic E-state index is 12.4. The molecule has 0 bridgehead atoms. The van der Waals surface area contributed by atoms with E-state index in [0.29, 0.717) is 11.6 Å². The van der Waals surface area contributed by atoms with E-state index in [-0.39, 0.29) is 16.4 Å². The number of nitro groups is 1. The molecule has 0 radical (unpaired) electrons. The van der Waals surface area contributed by atoms with Gasteiger partial charge in [-0.25, -0.2) is 8.42 Å². The van der Waals surface area contributed by atoms with Gasteiger partial charge in [0.05, 0.1) is 16.4 Å². The van der Waals surface area contributed by atoms with Crippen molar-refractivity contribution in [2.75, 3.05) is 4.72 Å². The highest BCUT2D eigenvalue weighted by atomic mass is 35.5. The summed E-state index contributed by atoms with van der Waals surface area (Å²) in [6.45, 7) is 0.416. The van der Waals surface area contributed by atoms with Crippen LogP contribution in [-0.4, -0.2) is 23.1 Å². The smallest absolute Gasteiger partial charge is 0.266 e. The Morgan fingerprint density at radius 2 is 1.92 bits per heavy atom. The van der Waals surface area contributed by atoms with E-state index in [2.05, 4.69) is 9.82 Å². The highest BCUT2D eigenvalue weighted by molar-refractivity contribution is 7.92. The summed E-state index contributed by atoms with van der Waals surface area (Å²) in [4.78, 5) is 9.94. The van der Waals surface area contributed by atoms with Crippen LogP contribution in [0.25, 0.3) is 0 Å². The number of nitro benzene ring substituents is 1. The second kappa shape index (κ2) is 7.14. The molecule has 0 fully saturated rings. The lowest BCUT2D eigenvalue weighted by atomic mass is 10.2. The van der Waals surface area contributed by atoms with E-state index >= 15 is 0 Å². The zero-order valence-corrected chi connectivity index (χ0v) is 14.8. The van der Waals surface area contributed by atoms with Crippen LogP contribution in [-0.2, 0) is 16.6 Å². The highest BCUT2D eigenvalue weighted by Crippen LogP contribution is 2.20. The van der Waals surface area contributed by atoms with Gasteiger partial charge < -0.3 is 0 Å². The number of anilines is 1. The lowest BCUT2D eigenvalue weighted by molar-refractivity contribution is -0.385. The normalized spacial score (nSPS) is 11.3. The van der Waals surface area contributed by atoms with Gasteiger partial charge in [-0.3, -0.25) is 19.5 Å². The Balaban J connectivity index is 1.77. The van der Waals surface area contributed by atoms with Crippen LogP contribution < -0.4 is 4.72 Å². The Bertz CT molecular complexity index is 1070.